The molecule has 0 radical (unpaired) electrons. The van der Waals surface area contributed by atoms with E-state index in [1.807, 2.05) is 0 Å². The van der Waals surface area contributed by atoms with Gasteiger partial charge < -0.3 is 10.2 Å². The summed E-state index contributed by atoms with van der Waals surface area (Å²) in [5, 5.41) is 2.73. The van der Waals surface area contributed by atoms with Crippen LogP contribution >= 0.6 is 0 Å². The van der Waals surface area contributed by atoms with Crippen molar-refractivity contribution in [2.24, 2.45) is 4.99 Å². The molecular formula is C19H21FN4O3S. The van der Waals surface area contributed by atoms with Gasteiger partial charge in [0.1, 0.15) is 18.2 Å². The lowest BCUT2D eigenvalue weighted by molar-refractivity contribution is -0.119. The van der Waals surface area contributed by atoms with Gasteiger partial charge in [0.25, 0.3) is 10.0 Å². The number of hydrogen-bond acceptors (Lipinski definition) is 5. The smallest absolute Gasteiger partial charge is 0.263 e. The molecule has 2 aromatic rings. The second-order valence-corrected chi connectivity index (χ2v) is 7.99. The highest BCUT2D eigenvalue weighted by Gasteiger charge is 2.30. The molecule has 2 N–H and O–H groups in total. The van der Waals surface area contributed by atoms with Gasteiger partial charge in [0.2, 0.25) is 5.91 Å². The van der Waals surface area contributed by atoms with Crippen LogP contribution in [0, 0.1) is 5.82 Å². The van der Waals surface area contributed by atoms with Crippen LogP contribution in [0.2, 0.25) is 0 Å². The first-order valence-electron chi connectivity index (χ1n) is 8.77. The van der Waals surface area contributed by atoms with Crippen LogP contribution in [0.25, 0.3) is 0 Å². The van der Waals surface area contributed by atoms with Crippen LogP contribution in [0.5, 0.6) is 0 Å². The Morgan fingerprint density at radius 1 is 1.18 bits per heavy atom. The molecule has 1 amide bonds. The number of rotatable bonds is 7. The number of aliphatic imine (C=N–C) groups is 1. The minimum Gasteiger partial charge on any atom is -0.372 e. The molecule has 0 aliphatic carbocycles. The number of carbonyl (C=O) groups is 1. The number of benzene rings is 2. The number of hydrogen-bond donors (Lipinski definition) is 2. The SMILES string of the molecule is CN(CCCNC(=O)CN=C1NS(=O)(=O)c2ccccc21)c1ccccc1F. The fourth-order valence-electron chi connectivity index (χ4n) is 2.88. The molecule has 0 unspecified atom stereocenters. The maximum atomic E-state index is 13.7. The van der Waals surface area contributed by atoms with Gasteiger partial charge in [-0.25, -0.2) is 12.8 Å². The largest absolute Gasteiger partial charge is 0.372 e. The van der Waals surface area contributed by atoms with Crippen LogP contribution in [0.15, 0.2) is 58.4 Å². The summed E-state index contributed by atoms with van der Waals surface area (Å²) in [4.78, 5) is 18.0. The molecule has 2 aromatic carbocycles. The molecule has 1 aliphatic heterocycles. The summed E-state index contributed by atoms with van der Waals surface area (Å²) in [7, 11) is -1.82. The fraction of sp³-hybridized carbons (Fsp3) is 0.263. The third-order valence-corrected chi connectivity index (χ3v) is 5.70. The quantitative estimate of drug-likeness (QED) is 0.685. The van der Waals surface area contributed by atoms with Crippen LogP contribution < -0.4 is 14.9 Å². The minimum atomic E-state index is -3.61. The van der Waals surface area contributed by atoms with Crippen LogP contribution in [0.3, 0.4) is 0 Å². The van der Waals surface area contributed by atoms with Crippen molar-refractivity contribution in [1.82, 2.24) is 10.0 Å². The third-order valence-electron chi connectivity index (χ3n) is 4.30. The maximum absolute atomic E-state index is 13.7. The van der Waals surface area contributed by atoms with Crippen LogP contribution in [-0.4, -0.2) is 46.8 Å². The van der Waals surface area contributed by atoms with E-state index in [1.54, 1.807) is 48.3 Å². The monoisotopic (exact) mass is 404 g/mol. The van der Waals surface area contributed by atoms with Crippen LogP contribution in [-0.2, 0) is 14.8 Å². The van der Waals surface area contributed by atoms with Gasteiger partial charge >= 0.3 is 0 Å². The van der Waals surface area contributed by atoms with E-state index in [9.17, 15) is 17.6 Å². The van der Waals surface area contributed by atoms with Gasteiger partial charge in [-0.1, -0.05) is 24.3 Å². The minimum absolute atomic E-state index is 0.158. The Balaban J connectivity index is 1.47. The van der Waals surface area contributed by atoms with Gasteiger partial charge in [-0.2, -0.15) is 0 Å². The lowest BCUT2D eigenvalue weighted by Crippen LogP contribution is -2.31. The van der Waals surface area contributed by atoms with Gasteiger partial charge in [-0.3, -0.25) is 14.5 Å². The van der Waals surface area contributed by atoms with Crippen molar-refractivity contribution in [3.63, 3.8) is 0 Å². The summed E-state index contributed by atoms with van der Waals surface area (Å²) in [5.41, 5.74) is 0.967. The molecule has 7 nitrogen and oxygen atoms in total. The Labute approximate surface area is 163 Å². The molecule has 0 spiro atoms. The molecule has 0 atom stereocenters. The van der Waals surface area contributed by atoms with Crippen LogP contribution in [0.1, 0.15) is 12.0 Å². The molecule has 9 heteroatoms. The van der Waals surface area contributed by atoms with Gasteiger partial charge in [0, 0.05) is 25.7 Å². The predicted octanol–water partition coefficient (Wildman–Crippen LogP) is 1.51. The first-order valence-corrected chi connectivity index (χ1v) is 10.3. The first-order chi connectivity index (χ1) is 13.4. The Bertz CT molecular complexity index is 1010. The summed E-state index contributed by atoms with van der Waals surface area (Å²) < 4.78 is 40.1. The Kier molecular flexibility index (Phi) is 5.93. The van der Waals surface area contributed by atoms with E-state index in [1.165, 1.54) is 12.1 Å². The highest BCUT2D eigenvalue weighted by Crippen LogP contribution is 2.22. The van der Waals surface area contributed by atoms with E-state index in [2.05, 4.69) is 15.0 Å². The number of halogens is 1. The van der Waals surface area contributed by atoms with E-state index in [0.717, 1.165) is 0 Å². The van der Waals surface area contributed by atoms with E-state index >= 15 is 0 Å². The molecule has 0 bridgehead atoms. The fourth-order valence-corrected chi connectivity index (χ4v) is 4.13. The zero-order valence-electron chi connectivity index (χ0n) is 15.4. The average molecular weight is 404 g/mol. The van der Waals surface area contributed by atoms with Crippen molar-refractivity contribution < 1.29 is 17.6 Å². The van der Waals surface area contributed by atoms with E-state index in [0.29, 0.717) is 30.8 Å². The molecule has 1 heterocycles. The molecule has 0 saturated heterocycles. The highest BCUT2D eigenvalue weighted by atomic mass is 32.2. The number of sulfonamides is 1. The van der Waals surface area contributed by atoms with Gasteiger partial charge in [0.15, 0.2) is 0 Å². The van der Waals surface area contributed by atoms with Crippen molar-refractivity contribution in [1.29, 1.82) is 0 Å². The Morgan fingerprint density at radius 3 is 2.68 bits per heavy atom. The second kappa shape index (κ2) is 8.39. The van der Waals surface area contributed by atoms with Crippen molar-refractivity contribution >= 4 is 27.5 Å². The van der Waals surface area contributed by atoms with Crippen molar-refractivity contribution in [2.45, 2.75) is 11.3 Å². The van der Waals surface area contributed by atoms with Gasteiger partial charge in [-0.05, 0) is 30.7 Å². The number of amides is 1. The molecular weight excluding hydrogens is 383 g/mol. The number of anilines is 1. The Hall–Kier alpha value is -2.94. The molecule has 0 fully saturated rings. The number of para-hydroxylation sites is 1. The lowest BCUT2D eigenvalue weighted by Gasteiger charge is -2.19. The Morgan fingerprint density at radius 2 is 1.89 bits per heavy atom. The number of nitrogens with zero attached hydrogens (tertiary/aromatic N) is 2. The van der Waals surface area contributed by atoms with E-state index in [4.69, 9.17) is 0 Å². The molecule has 1 aliphatic rings. The summed E-state index contributed by atoms with van der Waals surface area (Å²) in [6.07, 6.45) is 0.628. The summed E-state index contributed by atoms with van der Waals surface area (Å²) in [5.74, 6) is -0.432. The van der Waals surface area contributed by atoms with E-state index in [-0.39, 0.29) is 29.0 Å². The van der Waals surface area contributed by atoms with Crippen molar-refractivity contribution in [3.8, 4) is 0 Å². The van der Waals surface area contributed by atoms with Crippen LogP contribution in [0.4, 0.5) is 10.1 Å². The zero-order chi connectivity index (χ0) is 20.1. The average Bonchev–Trinajstić information content (AvgIpc) is 2.94. The van der Waals surface area contributed by atoms with E-state index < -0.39 is 10.0 Å². The van der Waals surface area contributed by atoms with Crippen molar-refractivity contribution in [3.05, 3.63) is 59.9 Å². The normalized spacial score (nSPS) is 15.7. The number of fused-ring (bicyclic) bond motifs is 1. The molecule has 0 saturated carbocycles. The summed E-state index contributed by atoms with van der Waals surface area (Å²) in [6.45, 7) is 0.795. The molecule has 3 rings (SSSR count). The summed E-state index contributed by atoms with van der Waals surface area (Å²) in [6, 6.07) is 13.0. The number of nitrogens with one attached hydrogen (secondary N) is 2. The van der Waals surface area contributed by atoms with Crippen molar-refractivity contribution in [2.75, 3.05) is 31.6 Å². The highest BCUT2D eigenvalue weighted by molar-refractivity contribution is 7.90. The lowest BCUT2D eigenvalue weighted by atomic mass is 10.2. The molecule has 148 valence electrons. The maximum Gasteiger partial charge on any atom is 0.263 e. The predicted molar refractivity (Wildman–Crippen MR) is 105 cm³/mol. The molecule has 0 aromatic heterocycles. The first kappa shape index (κ1) is 19.8. The topological polar surface area (TPSA) is 90.9 Å². The zero-order valence-corrected chi connectivity index (χ0v) is 16.2. The number of amidine groups is 1. The summed E-state index contributed by atoms with van der Waals surface area (Å²) >= 11 is 0. The standard InChI is InChI=1S/C19H21FN4O3S/c1-24(16-9-4-3-8-15(16)20)12-6-11-21-18(25)13-22-19-14-7-2-5-10-17(14)28(26,27)23-19/h2-5,7-10H,6,11-13H2,1H3,(H,21,25)(H,22,23). The third kappa shape index (κ3) is 4.48. The second-order valence-electron chi connectivity index (χ2n) is 6.34. The van der Waals surface area contributed by atoms with Gasteiger partial charge in [-0.15, -0.1) is 0 Å². The number of carbonyl (C=O) groups excluding carboxylic acids is 1. The van der Waals surface area contributed by atoms with Gasteiger partial charge in [0.05, 0.1) is 10.6 Å². The molecule has 28 heavy (non-hydrogen) atoms.